The van der Waals surface area contributed by atoms with Crippen molar-refractivity contribution in [3.05, 3.63) is 25.3 Å². The third-order valence-corrected chi connectivity index (χ3v) is 3.71. The van der Waals surface area contributed by atoms with Crippen molar-refractivity contribution in [2.75, 3.05) is 0 Å². The normalized spacial score (nSPS) is 22.6. The molecule has 1 saturated carbocycles. The average Bonchev–Trinajstić information content (AvgIpc) is 3.18. The van der Waals surface area contributed by atoms with Crippen molar-refractivity contribution in [1.82, 2.24) is 29.5 Å². The summed E-state index contributed by atoms with van der Waals surface area (Å²) in [6.07, 6.45) is 8.25. The van der Waals surface area contributed by atoms with E-state index in [0.717, 1.165) is 0 Å². The Balaban J connectivity index is 1.60. The average molecular weight is 274 g/mol. The van der Waals surface area contributed by atoms with Gasteiger partial charge in [0.2, 0.25) is 0 Å². The van der Waals surface area contributed by atoms with Crippen molar-refractivity contribution in [2.24, 2.45) is 11.8 Å². The van der Waals surface area contributed by atoms with E-state index in [2.05, 4.69) is 20.2 Å². The van der Waals surface area contributed by atoms with E-state index in [-0.39, 0.29) is 23.7 Å². The molecular weight excluding hydrogens is 260 g/mol. The zero-order valence-electron chi connectivity index (χ0n) is 10.8. The minimum absolute atomic E-state index is 0.0471. The number of hydrogen-bond donors (Lipinski definition) is 0. The van der Waals surface area contributed by atoms with Crippen LogP contribution in [0.25, 0.3) is 0 Å². The van der Waals surface area contributed by atoms with Gasteiger partial charge in [-0.15, -0.1) is 0 Å². The molecule has 0 atom stereocenters. The van der Waals surface area contributed by atoms with Crippen LogP contribution in [0.5, 0.6) is 0 Å². The zero-order chi connectivity index (χ0) is 13.9. The Morgan fingerprint density at radius 2 is 1.20 bits per heavy atom. The largest absolute Gasteiger partial charge is 0.272 e. The second kappa shape index (κ2) is 5.32. The van der Waals surface area contributed by atoms with E-state index in [1.54, 1.807) is 0 Å². The molecule has 1 aliphatic carbocycles. The van der Waals surface area contributed by atoms with Gasteiger partial charge in [0.1, 0.15) is 25.3 Å². The Morgan fingerprint density at radius 1 is 0.800 bits per heavy atom. The van der Waals surface area contributed by atoms with Gasteiger partial charge in [-0.05, 0) is 25.7 Å². The molecule has 0 bridgehead atoms. The van der Waals surface area contributed by atoms with Gasteiger partial charge in [-0.3, -0.25) is 9.59 Å². The molecule has 0 aromatic carbocycles. The number of carbonyl (C=O) groups excluding carboxylic acids is 2. The molecule has 0 N–H and O–H groups in total. The molecule has 1 aliphatic rings. The molecule has 8 heteroatoms. The maximum atomic E-state index is 12.1. The monoisotopic (exact) mass is 274 g/mol. The summed E-state index contributed by atoms with van der Waals surface area (Å²) in [6.45, 7) is 0. The molecule has 1 fully saturated rings. The van der Waals surface area contributed by atoms with Gasteiger partial charge in [0.05, 0.1) is 0 Å². The molecular formula is C12H14N6O2. The van der Waals surface area contributed by atoms with Crippen LogP contribution in [0, 0.1) is 11.8 Å². The van der Waals surface area contributed by atoms with Gasteiger partial charge in [-0.2, -0.15) is 19.6 Å². The van der Waals surface area contributed by atoms with Gasteiger partial charge in [-0.25, -0.2) is 9.97 Å². The summed E-state index contributed by atoms with van der Waals surface area (Å²) >= 11 is 0. The standard InChI is InChI=1S/C12H14N6O2/c19-11(17-7-13-5-15-17)9-1-2-10(4-3-9)12(20)18-8-14-6-16-18/h5-10H,1-4H2. The SMILES string of the molecule is O=C(C1CCC(C(=O)n2cncn2)CC1)n1cncn1. The molecule has 8 nitrogen and oxygen atoms in total. The van der Waals surface area contributed by atoms with Gasteiger partial charge in [0.25, 0.3) is 11.8 Å². The second-order valence-corrected chi connectivity index (χ2v) is 4.91. The van der Waals surface area contributed by atoms with Crippen molar-refractivity contribution < 1.29 is 9.59 Å². The molecule has 20 heavy (non-hydrogen) atoms. The van der Waals surface area contributed by atoms with Crippen molar-refractivity contribution >= 4 is 11.8 Å². The lowest BCUT2D eigenvalue weighted by Crippen LogP contribution is -2.31. The van der Waals surface area contributed by atoms with Gasteiger partial charge < -0.3 is 0 Å². The molecule has 3 rings (SSSR count). The van der Waals surface area contributed by atoms with Crippen molar-refractivity contribution in [2.45, 2.75) is 25.7 Å². The number of aromatic nitrogens is 6. The highest BCUT2D eigenvalue weighted by Crippen LogP contribution is 2.30. The van der Waals surface area contributed by atoms with Crippen LogP contribution < -0.4 is 0 Å². The van der Waals surface area contributed by atoms with Crippen LogP contribution in [0.4, 0.5) is 0 Å². The van der Waals surface area contributed by atoms with Crippen molar-refractivity contribution in [1.29, 1.82) is 0 Å². The molecule has 2 aromatic heterocycles. The smallest absolute Gasteiger partial charge is 0.251 e. The lowest BCUT2D eigenvalue weighted by molar-refractivity contribution is 0.0684. The van der Waals surface area contributed by atoms with Crippen LogP contribution in [0.15, 0.2) is 25.3 Å². The van der Waals surface area contributed by atoms with E-state index in [0.29, 0.717) is 25.7 Å². The van der Waals surface area contributed by atoms with Crippen LogP contribution in [-0.2, 0) is 0 Å². The molecule has 104 valence electrons. The minimum Gasteiger partial charge on any atom is -0.272 e. The Kier molecular flexibility index (Phi) is 3.36. The summed E-state index contributed by atoms with van der Waals surface area (Å²) in [5.41, 5.74) is 0. The molecule has 0 aliphatic heterocycles. The van der Waals surface area contributed by atoms with Gasteiger partial charge in [0.15, 0.2) is 0 Å². The van der Waals surface area contributed by atoms with Crippen LogP contribution in [-0.4, -0.2) is 41.3 Å². The zero-order valence-corrected chi connectivity index (χ0v) is 10.8. The second-order valence-electron chi connectivity index (χ2n) is 4.91. The topological polar surface area (TPSA) is 95.6 Å². The van der Waals surface area contributed by atoms with E-state index in [1.165, 1.54) is 34.7 Å². The molecule has 0 spiro atoms. The lowest BCUT2D eigenvalue weighted by atomic mass is 9.81. The van der Waals surface area contributed by atoms with Gasteiger partial charge in [-0.1, -0.05) is 0 Å². The summed E-state index contributed by atoms with van der Waals surface area (Å²) in [4.78, 5) is 31.8. The molecule has 0 amide bonds. The quantitative estimate of drug-likeness (QED) is 0.798. The van der Waals surface area contributed by atoms with Crippen LogP contribution in [0.2, 0.25) is 0 Å². The van der Waals surface area contributed by atoms with Crippen molar-refractivity contribution in [3.8, 4) is 0 Å². The van der Waals surface area contributed by atoms with Gasteiger partial charge in [0, 0.05) is 11.8 Å². The van der Waals surface area contributed by atoms with E-state index in [4.69, 9.17) is 0 Å². The fraction of sp³-hybridized carbons (Fsp3) is 0.500. The number of nitrogens with zero attached hydrogens (tertiary/aromatic N) is 6. The third-order valence-electron chi connectivity index (χ3n) is 3.71. The molecule has 2 heterocycles. The van der Waals surface area contributed by atoms with E-state index in [1.807, 2.05) is 0 Å². The Hall–Kier alpha value is -2.38. The van der Waals surface area contributed by atoms with Gasteiger partial charge >= 0.3 is 0 Å². The summed E-state index contributed by atoms with van der Waals surface area (Å²) in [5, 5.41) is 7.71. The maximum absolute atomic E-state index is 12.1. The third kappa shape index (κ3) is 2.36. The van der Waals surface area contributed by atoms with Crippen molar-refractivity contribution in [3.63, 3.8) is 0 Å². The Morgan fingerprint density at radius 3 is 1.50 bits per heavy atom. The predicted octanol–water partition coefficient (Wildman–Crippen LogP) is 0.657. The van der Waals surface area contributed by atoms with Crippen LogP contribution in [0.1, 0.15) is 35.3 Å². The first kappa shape index (κ1) is 12.6. The summed E-state index contributed by atoms with van der Waals surface area (Å²) in [6, 6.07) is 0. The summed E-state index contributed by atoms with van der Waals surface area (Å²) in [7, 11) is 0. The number of hydrogen-bond acceptors (Lipinski definition) is 6. The Bertz CT molecular complexity index is 529. The number of carbonyl (C=O) groups is 2. The first-order chi connectivity index (χ1) is 9.75. The maximum Gasteiger partial charge on any atom is 0.251 e. The lowest BCUT2D eigenvalue weighted by Gasteiger charge is -2.25. The molecule has 2 aromatic rings. The van der Waals surface area contributed by atoms with E-state index in [9.17, 15) is 9.59 Å². The van der Waals surface area contributed by atoms with Crippen LogP contribution >= 0.6 is 0 Å². The van der Waals surface area contributed by atoms with E-state index < -0.39 is 0 Å². The number of rotatable bonds is 2. The first-order valence-corrected chi connectivity index (χ1v) is 6.53. The highest BCUT2D eigenvalue weighted by molar-refractivity contribution is 5.82. The summed E-state index contributed by atoms with van der Waals surface area (Å²) < 4.78 is 2.54. The van der Waals surface area contributed by atoms with Crippen LogP contribution in [0.3, 0.4) is 0 Å². The highest BCUT2D eigenvalue weighted by atomic mass is 16.2. The Labute approximate surface area is 114 Å². The summed E-state index contributed by atoms with van der Waals surface area (Å²) in [5.74, 6) is -0.267. The predicted molar refractivity (Wildman–Crippen MR) is 66.7 cm³/mol. The fourth-order valence-electron chi connectivity index (χ4n) is 2.61. The molecule has 0 unspecified atom stereocenters. The fourth-order valence-corrected chi connectivity index (χ4v) is 2.61. The minimum atomic E-state index is -0.0866. The molecule has 0 radical (unpaired) electrons. The first-order valence-electron chi connectivity index (χ1n) is 6.53. The highest BCUT2D eigenvalue weighted by Gasteiger charge is 2.31. The van der Waals surface area contributed by atoms with E-state index >= 15 is 0 Å². The molecule has 0 saturated heterocycles.